The first-order valence-corrected chi connectivity index (χ1v) is 14.7. The van der Waals surface area contributed by atoms with Gasteiger partial charge in [-0.05, 0) is 123 Å². The molecule has 0 amide bonds. The highest BCUT2D eigenvalue weighted by Gasteiger charge is 2.39. The maximum absolute atomic E-state index is 9.50. The molecule has 2 aliphatic carbocycles. The van der Waals surface area contributed by atoms with Gasteiger partial charge in [0.05, 0.1) is 12.6 Å². The van der Waals surface area contributed by atoms with Crippen LogP contribution in [0.25, 0.3) is 10.9 Å². The lowest BCUT2D eigenvalue weighted by Gasteiger charge is -2.35. The minimum absolute atomic E-state index is 0.175. The van der Waals surface area contributed by atoms with Crippen molar-refractivity contribution in [1.82, 2.24) is 0 Å². The fraction of sp³-hybridized carbons (Fsp3) is 0.297. The third kappa shape index (κ3) is 5.57. The number of rotatable bonds is 5. The summed E-state index contributed by atoms with van der Waals surface area (Å²) < 4.78 is 6.49. The summed E-state index contributed by atoms with van der Waals surface area (Å²) >= 11 is 0. The fourth-order valence-electron chi connectivity index (χ4n) is 6.59. The summed E-state index contributed by atoms with van der Waals surface area (Å²) in [7, 11) is 0. The number of ether oxygens (including phenoxy) is 1. The van der Waals surface area contributed by atoms with Crippen molar-refractivity contribution in [3.63, 3.8) is 0 Å². The van der Waals surface area contributed by atoms with Crippen molar-refractivity contribution < 1.29 is 4.74 Å². The SMILES string of the molecule is [C-]#[N+]C(C#N)=C1C=C(C=Cc2ccc(N(c3ccc(C)cc3)c3cccc4c3CCCC4)cc2)OC2(CCCC2)C1. The van der Waals surface area contributed by atoms with E-state index in [0.29, 0.717) is 6.42 Å². The van der Waals surface area contributed by atoms with E-state index in [-0.39, 0.29) is 11.3 Å². The second kappa shape index (κ2) is 11.5. The van der Waals surface area contributed by atoms with Gasteiger partial charge in [0.15, 0.2) is 0 Å². The molecule has 1 spiro atoms. The molecule has 3 aromatic carbocycles. The third-order valence-corrected chi connectivity index (χ3v) is 8.70. The number of anilines is 3. The van der Waals surface area contributed by atoms with Crippen molar-refractivity contribution in [2.45, 2.75) is 70.3 Å². The molecule has 1 heterocycles. The molecule has 0 saturated heterocycles. The van der Waals surface area contributed by atoms with Crippen LogP contribution in [0, 0.1) is 24.8 Å². The lowest BCUT2D eigenvalue weighted by molar-refractivity contribution is 0.00776. The predicted octanol–water partition coefficient (Wildman–Crippen LogP) is 9.67. The Kier molecular flexibility index (Phi) is 7.49. The van der Waals surface area contributed by atoms with Crippen LogP contribution >= 0.6 is 0 Å². The molecule has 4 nitrogen and oxygen atoms in total. The van der Waals surface area contributed by atoms with Crippen LogP contribution in [0.2, 0.25) is 0 Å². The topological polar surface area (TPSA) is 40.6 Å². The van der Waals surface area contributed by atoms with Gasteiger partial charge in [-0.2, -0.15) is 0 Å². The van der Waals surface area contributed by atoms with E-state index in [9.17, 15) is 5.26 Å². The normalized spacial score (nSPS) is 18.7. The number of nitrogens with zero attached hydrogens (tertiary/aromatic N) is 3. The van der Waals surface area contributed by atoms with Crippen molar-refractivity contribution in [3.05, 3.63) is 130 Å². The second-order valence-electron chi connectivity index (χ2n) is 11.5. The molecule has 0 unspecified atom stereocenters. The Balaban J connectivity index is 1.32. The van der Waals surface area contributed by atoms with Gasteiger partial charge in [0.25, 0.3) is 5.70 Å². The van der Waals surface area contributed by atoms with Gasteiger partial charge in [-0.15, -0.1) is 0 Å². The van der Waals surface area contributed by atoms with Crippen LogP contribution in [-0.4, -0.2) is 5.60 Å². The maximum atomic E-state index is 9.50. The largest absolute Gasteiger partial charge is 0.487 e. The number of nitriles is 1. The molecule has 3 aromatic rings. The summed E-state index contributed by atoms with van der Waals surface area (Å²) in [5.74, 6) is 0.728. The number of fused-ring (bicyclic) bond motifs is 1. The molecular formula is C37H35N3O. The minimum Gasteiger partial charge on any atom is -0.487 e. The highest BCUT2D eigenvalue weighted by molar-refractivity contribution is 5.80. The van der Waals surface area contributed by atoms with Gasteiger partial charge in [0.2, 0.25) is 0 Å². The van der Waals surface area contributed by atoms with E-state index in [4.69, 9.17) is 11.3 Å². The predicted molar refractivity (Wildman–Crippen MR) is 166 cm³/mol. The van der Waals surface area contributed by atoms with Crippen LogP contribution in [0.3, 0.4) is 0 Å². The highest BCUT2D eigenvalue weighted by atomic mass is 16.5. The maximum Gasteiger partial charge on any atom is 0.265 e. The second-order valence-corrected chi connectivity index (χ2v) is 11.5. The molecular weight excluding hydrogens is 502 g/mol. The zero-order valence-electron chi connectivity index (χ0n) is 23.7. The Morgan fingerprint density at radius 2 is 1.63 bits per heavy atom. The minimum atomic E-state index is -0.288. The van der Waals surface area contributed by atoms with Crippen molar-refractivity contribution in [3.8, 4) is 6.07 Å². The molecule has 3 aliphatic rings. The van der Waals surface area contributed by atoms with Gasteiger partial charge < -0.3 is 9.64 Å². The van der Waals surface area contributed by atoms with Crippen LogP contribution in [0.1, 0.15) is 67.2 Å². The van der Waals surface area contributed by atoms with E-state index in [2.05, 4.69) is 95.5 Å². The molecule has 1 aliphatic heterocycles. The van der Waals surface area contributed by atoms with Gasteiger partial charge in [0.1, 0.15) is 11.4 Å². The molecule has 6 rings (SSSR count). The summed E-state index contributed by atoms with van der Waals surface area (Å²) in [4.78, 5) is 5.87. The van der Waals surface area contributed by atoms with Crippen molar-refractivity contribution in [2.75, 3.05) is 4.90 Å². The number of aryl methyl sites for hydroxylation is 2. The first kappa shape index (κ1) is 26.7. The molecule has 1 saturated carbocycles. The van der Waals surface area contributed by atoms with E-state index in [1.807, 2.05) is 12.2 Å². The summed E-state index contributed by atoms with van der Waals surface area (Å²) in [6.45, 7) is 9.58. The molecule has 0 radical (unpaired) electrons. The molecule has 0 N–H and O–H groups in total. The first-order valence-electron chi connectivity index (χ1n) is 14.7. The Morgan fingerprint density at radius 3 is 2.34 bits per heavy atom. The van der Waals surface area contributed by atoms with Crippen LogP contribution in [0.15, 0.2) is 95.9 Å². The third-order valence-electron chi connectivity index (χ3n) is 8.70. The van der Waals surface area contributed by atoms with Gasteiger partial charge in [-0.3, -0.25) is 0 Å². The quantitative estimate of drug-likeness (QED) is 0.240. The number of allylic oxidation sites excluding steroid dienone is 3. The Bertz CT molecular complexity index is 1590. The van der Waals surface area contributed by atoms with Gasteiger partial charge in [-0.25, -0.2) is 10.1 Å². The lowest BCUT2D eigenvalue weighted by Crippen LogP contribution is -2.31. The standard InChI is InChI=1S/C37H35N3O/c1-27-12-17-31(18-13-27)40(36-11-7-9-29-8-3-4-10-34(29)36)32-19-14-28(15-20-32)16-21-33-24-30(35(26-38)39-2)25-37(41-33)22-5-6-23-37/h7,9,11-21,24H,3-6,8,10,22-23,25H2,1H3. The summed E-state index contributed by atoms with van der Waals surface area (Å²) in [5, 5.41) is 9.50. The number of hydrogen-bond acceptors (Lipinski definition) is 3. The average Bonchev–Trinajstić information content (AvgIpc) is 3.45. The van der Waals surface area contributed by atoms with E-state index < -0.39 is 0 Å². The smallest absolute Gasteiger partial charge is 0.265 e. The van der Waals surface area contributed by atoms with E-state index in [1.165, 1.54) is 35.2 Å². The van der Waals surface area contributed by atoms with Crippen LogP contribution < -0.4 is 4.90 Å². The fourth-order valence-corrected chi connectivity index (χ4v) is 6.59. The lowest BCUT2D eigenvalue weighted by atomic mass is 9.88. The van der Waals surface area contributed by atoms with E-state index in [1.54, 1.807) is 0 Å². The highest BCUT2D eigenvalue weighted by Crippen LogP contribution is 2.44. The van der Waals surface area contributed by atoms with Gasteiger partial charge in [0, 0.05) is 23.5 Å². The van der Waals surface area contributed by atoms with Crippen LogP contribution in [0.4, 0.5) is 17.1 Å². The Labute approximate surface area is 243 Å². The van der Waals surface area contributed by atoms with Crippen molar-refractivity contribution in [1.29, 1.82) is 5.26 Å². The summed E-state index contributed by atoms with van der Waals surface area (Å²) in [6.07, 6.45) is 15.5. The van der Waals surface area contributed by atoms with E-state index in [0.717, 1.165) is 66.8 Å². The summed E-state index contributed by atoms with van der Waals surface area (Å²) in [5.41, 5.74) is 9.49. The zero-order valence-corrected chi connectivity index (χ0v) is 23.7. The van der Waals surface area contributed by atoms with Crippen molar-refractivity contribution >= 4 is 23.1 Å². The zero-order chi connectivity index (χ0) is 28.2. The summed E-state index contributed by atoms with van der Waals surface area (Å²) in [6, 6.07) is 26.3. The van der Waals surface area contributed by atoms with Crippen LogP contribution in [0.5, 0.6) is 0 Å². The molecule has 1 fully saturated rings. The molecule has 41 heavy (non-hydrogen) atoms. The molecule has 0 aromatic heterocycles. The Morgan fingerprint density at radius 1 is 0.927 bits per heavy atom. The van der Waals surface area contributed by atoms with E-state index >= 15 is 0 Å². The van der Waals surface area contributed by atoms with Gasteiger partial charge >= 0.3 is 0 Å². The van der Waals surface area contributed by atoms with Gasteiger partial charge in [-0.1, -0.05) is 48.0 Å². The molecule has 0 atom stereocenters. The Hall–Kier alpha value is -4.54. The molecule has 0 bridgehead atoms. The van der Waals surface area contributed by atoms with Crippen LogP contribution in [-0.2, 0) is 17.6 Å². The molecule has 204 valence electrons. The van der Waals surface area contributed by atoms with Crippen molar-refractivity contribution in [2.24, 2.45) is 0 Å². The number of hydrogen-bond donors (Lipinski definition) is 0. The first-order chi connectivity index (χ1) is 20.1. The monoisotopic (exact) mass is 537 g/mol. The number of benzene rings is 3. The molecule has 4 heteroatoms. The average molecular weight is 538 g/mol.